The second-order valence-corrected chi connectivity index (χ2v) is 17.8. The third-order valence-electron chi connectivity index (χ3n) is 12.8. The predicted octanol–water partition coefficient (Wildman–Crippen LogP) is 1.75. The van der Waals surface area contributed by atoms with Crippen molar-refractivity contribution in [3.05, 3.63) is 64.2 Å². The van der Waals surface area contributed by atoms with Crippen LogP contribution >= 0.6 is 0 Å². The van der Waals surface area contributed by atoms with E-state index in [0.717, 1.165) is 29.7 Å². The smallest absolute Gasteiger partial charge is 0.344 e. The minimum atomic E-state index is -2.70. The average molecular weight is 981 g/mol. The first-order valence-electron chi connectivity index (χ1n) is 23.1. The molecule has 0 aliphatic carbocycles. The number of nitrogens with one attached hydrogen (secondary N) is 2. The number of aliphatic hydroxyl groups is 6. The van der Waals surface area contributed by atoms with E-state index in [2.05, 4.69) is 27.5 Å². The number of carbonyl (C=O) groups is 2. The van der Waals surface area contributed by atoms with Gasteiger partial charge in [0.05, 0.1) is 31.1 Å². The number of methoxy groups -OCH3 is 1. The number of nitrogens with two attached hydrogens (primary N) is 1. The van der Waals surface area contributed by atoms with Crippen LogP contribution in [0.4, 0.5) is 5.69 Å². The molecule has 70 heavy (non-hydrogen) atoms. The van der Waals surface area contributed by atoms with Crippen molar-refractivity contribution in [2.24, 2.45) is 28.5 Å². The van der Waals surface area contributed by atoms with Crippen LogP contribution in [0.1, 0.15) is 84.4 Å². The number of esters is 1. The number of benzene rings is 3. The number of carboxylic acids is 1. The zero-order chi connectivity index (χ0) is 51.0. The summed E-state index contributed by atoms with van der Waals surface area (Å²) < 4.78 is 34.6. The monoisotopic (exact) mass is 980 g/mol. The number of carbonyl (C=O) groups excluding carboxylic acids is 1. The Morgan fingerprint density at radius 2 is 1.77 bits per heavy atom. The number of aliphatic hydroxyl groups excluding tert-OH is 5. The molecule has 6 rings (SSSR count). The molecule has 10 atom stereocenters. The second kappa shape index (κ2) is 23.1. The predicted molar refractivity (Wildman–Crippen MR) is 251 cm³/mol. The van der Waals surface area contributed by atoms with Crippen molar-refractivity contribution in [1.29, 1.82) is 0 Å². The molecule has 0 radical (unpaired) electrons. The summed E-state index contributed by atoms with van der Waals surface area (Å²) in [6.07, 6.45) is -10.6. The summed E-state index contributed by atoms with van der Waals surface area (Å²) in [6, 6.07) is 9.17. The second-order valence-electron chi connectivity index (χ2n) is 17.8. The molecule has 3 aliphatic rings. The topological polar surface area (TPSA) is 334 Å². The highest BCUT2D eigenvalue weighted by molar-refractivity contribution is 5.97. The number of aliphatic imine (C=N–C) groups is 1. The van der Waals surface area contributed by atoms with Gasteiger partial charge in [-0.3, -0.25) is 0 Å². The van der Waals surface area contributed by atoms with Crippen LogP contribution in [-0.2, 0) is 28.7 Å². The van der Waals surface area contributed by atoms with Crippen LogP contribution in [0.25, 0.3) is 0 Å². The van der Waals surface area contributed by atoms with Gasteiger partial charge in [-0.05, 0) is 49.7 Å². The minimum Gasteiger partial charge on any atom is -0.504 e. The first-order chi connectivity index (χ1) is 33.3. The van der Waals surface area contributed by atoms with E-state index >= 15 is 0 Å². The summed E-state index contributed by atoms with van der Waals surface area (Å²) >= 11 is 0. The zero-order valence-electron chi connectivity index (χ0n) is 39.6. The van der Waals surface area contributed by atoms with E-state index in [4.69, 9.17) is 39.3 Å². The van der Waals surface area contributed by atoms with Gasteiger partial charge in [0.25, 0.3) is 0 Å². The fraction of sp³-hybridized carbons (Fsp3) is 0.531. The van der Waals surface area contributed by atoms with Gasteiger partial charge in [0.1, 0.15) is 23.4 Å². The maximum atomic E-state index is 13.8. The van der Waals surface area contributed by atoms with Crippen molar-refractivity contribution in [2.75, 3.05) is 38.9 Å². The Bertz CT molecular complexity index is 2440. The number of phenols is 2. The molecule has 3 aliphatic heterocycles. The summed E-state index contributed by atoms with van der Waals surface area (Å²) in [5.74, 6) is -1.52. The van der Waals surface area contributed by atoms with Crippen LogP contribution in [0.15, 0.2) is 41.4 Å². The summed E-state index contributed by atoms with van der Waals surface area (Å²) in [6.45, 7) is 7.19. The molecule has 1 saturated heterocycles. The molecule has 0 spiro atoms. The molecule has 382 valence electrons. The highest BCUT2D eigenvalue weighted by Crippen LogP contribution is 2.49. The maximum absolute atomic E-state index is 13.8. The quantitative estimate of drug-likeness (QED) is 0.0203. The van der Waals surface area contributed by atoms with Crippen molar-refractivity contribution >= 4 is 23.6 Å². The van der Waals surface area contributed by atoms with Crippen molar-refractivity contribution in [1.82, 2.24) is 5.32 Å². The SMILES string of the molecule is CCc1cccc(CCOc2c(O)c(OC)cc(C(=O)OC(O)C3OC4Oc5c(OCN=C(N)NCCCCO)cc(C(=O)O)c6c5CC(C#CCC(O)(C4O)C3O)C(C(O)C(C)C)C(C)N6)c2O)c1. The summed E-state index contributed by atoms with van der Waals surface area (Å²) in [5, 5.41) is 107. The minimum absolute atomic E-state index is 0.0145. The van der Waals surface area contributed by atoms with E-state index < -0.39 is 108 Å². The molecule has 21 heteroatoms. The molecule has 3 aromatic carbocycles. The lowest BCUT2D eigenvalue weighted by Gasteiger charge is -2.48. The number of aryl methyl sites for hydroxylation is 1. The maximum Gasteiger partial charge on any atom is 0.344 e. The van der Waals surface area contributed by atoms with Crippen LogP contribution in [0.2, 0.25) is 0 Å². The van der Waals surface area contributed by atoms with Gasteiger partial charge in [0.2, 0.25) is 24.1 Å². The molecule has 10 unspecified atom stereocenters. The third kappa shape index (κ3) is 11.5. The van der Waals surface area contributed by atoms with Crippen molar-refractivity contribution in [2.45, 2.75) is 115 Å². The van der Waals surface area contributed by atoms with Crippen LogP contribution in [0, 0.1) is 29.6 Å². The summed E-state index contributed by atoms with van der Waals surface area (Å²) in [5.41, 5.74) is 4.61. The number of carboxylic acid groups (broad SMARTS) is 1. The highest BCUT2D eigenvalue weighted by Gasteiger charge is 2.59. The number of aromatic hydroxyl groups is 2. The van der Waals surface area contributed by atoms with Gasteiger partial charge < -0.3 is 90.7 Å². The molecule has 0 aromatic heterocycles. The third-order valence-corrected chi connectivity index (χ3v) is 12.8. The van der Waals surface area contributed by atoms with Gasteiger partial charge in [-0.1, -0.05) is 56.9 Å². The Labute approximate surface area is 404 Å². The number of aromatic carboxylic acids is 1. The van der Waals surface area contributed by atoms with E-state index in [0.29, 0.717) is 25.8 Å². The van der Waals surface area contributed by atoms with Gasteiger partial charge >= 0.3 is 11.9 Å². The number of nitrogens with zero attached hydrogens (tertiary/aromatic N) is 1. The number of guanidine groups is 1. The van der Waals surface area contributed by atoms with Crippen LogP contribution in [-0.4, -0.2) is 146 Å². The lowest BCUT2D eigenvalue weighted by Crippen LogP contribution is -2.69. The number of phenolic OH excluding ortho intramolecular Hbond substituents is 2. The number of hydrogen-bond donors (Lipinski definition) is 12. The van der Waals surface area contributed by atoms with E-state index in [1.165, 1.54) is 7.11 Å². The van der Waals surface area contributed by atoms with Crippen molar-refractivity contribution in [3.63, 3.8) is 0 Å². The number of hydrogen-bond acceptors (Lipinski definition) is 18. The fourth-order valence-electron chi connectivity index (χ4n) is 8.83. The van der Waals surface area contributed by atoms with Crippen LogP contribution in [0.5, 0.6) is 34.5 Å². The van der Waals surface area contributed by atoms with Gasteiger partial charge in [-0.25, -0.2) is 14.6 Å². The molecule has 21 nitrogen and oxygen atoms in total. The number of rotatable bonds is 19. The van der Waals surface area contributed by atoms with E-state index in [9.17, 15) is 50.4 Å². The molecular weight excluding hydrogens is 917 g/mol. The van der Waals surface area contributed by atoms with Gasteiger partial charge in [-0.2, -0.15) is 0 Å². The first-order valence-corrected chi connectivity index (χ1v) is 23.1. The van der Waals surface area contributed by atoms with Crippen LogP contribution < -0.4 is 35.3 Å². The Kier molecular flexibility index (Phi) is 17.5. The zero-order valence-corrected chi connectivity index (χ0v) is 39.6. The lowest BCUT2D eigenvalue weighted by atomic mass is 9.76. The van der Waals surface area contributed by atoms with E-state index in [-0.39, 0.29) is 65.6 Å². The fourth-order valence-corrected chi connectivity index (χ4v) is 8.83. The van der Waals surface area contributed by atoms with E-state index in [1.54, 1.807) is 20.8 Å². The summed E-state index contributed by atoms with van der Waals surface area (Å²) in [4.78, 5) is 30.9. The normalized spacial score (nSPS) is 24.8. The molecule has 0 saturated carbocycles. The molecule has 0 amide bonds. The van der Waals surface area contributed by atoms with E-state index in [1.807, 2.05) is 31.2 Å². The first kappa shape index (κ1) is 53.1. The van der Waals surface area contributed by atoms with Crippen molar-refractivity contribution in [3.8, 4) is 46.3 Å². The summed E-state index contributed by atoms with van der Waals surface area (Å²) in [7, 11) is 1.19. The van der Waals surface area contributed by atoms with Crippen LogP contribution in [0.3, 0.4) is 0 Å². The Morgan fingerprint density at radius 3 is 2.46 bits per heavy atom. The molecule has 3 heterocycles. The van der Waals surface area contributed by atoms with Crippen molar-refractivity contribution < 1.29 is 84.0 Å². The molecule has 3 aromatic rings. The highest BCUT2D eigenvalue weighted by atomic mass is 16.7. The number of ether oxygens (including phenoxy) is 6. The lowest BCUT2D eigenvalue weighted by molar-refractivity contribution is -0.337. The average Bonchev–Trinajstić information content (AvgIpc) is 3.47. The molecule has 13 N–H and O–H groups in total. The standard InChI is InChI=1S/C49H64N4O17/c1-6-26-11-9-12-27(19-26)14-18-66-40-37(56)31(22-32(65-5)38(40)57)45(62)70-46(63)41-42(58)49(64)15-10-13-28-20-29-35(53-25(4)34(28)36(55)24(2)3)30(44(60)61)21-33(39(29)68-47(69-41)43(49)59)67-23-52-48(50)51-16-7-8-17-54/h9,11-12,19,21-22,24-25,28,34,36,41-43,46-47,53-59,63-64H,6-8,14-18,20,23H2,1-5H3,(H,60,61)(H3,50,51,52). The van der Waals surface area contributed by atoms with Gasteiger partial charge in [0.15, 0.2) is 41.8 Å². The molecule has 1 fully saturated rings. The Balaban J connectivity index is 1.37. The number of fused-ring (bicyclic) bond motifs is 3. The van der Waals surface area contributed by atoms with Gasteiger partial charge in [-0.15, -0.1) is 0 Å². The van der Waals surface area contributed by atoms with Gasteiger partial charge in [0, 0.05) is 61.6 Å². The Hall–Kier alpha value is -6.25. The largest absolute Gasteiger partial charge is 0.504 e. The Morgan fingerprint density at radius 1 is 1.04 bits per heavy atom. The number of anilines is 1. The number of unbranched alkanes of at least 4 members (excludes halogenated alkanes) is 1. The molecular formula is C49H64N4O17. The molecule has 4 bridgehead atoms.